The van der Waals surface area contributed by atoms with Gasteiger partial charge in [0.15, 0.2) is 0 Å². The number of nitrogens with one attached hydrogen (secondary N) is 1. The Hall–Kier alpha value is -0.870. The monoisotopic (exact) mass is 262 g/mol. The van der Waals surface area contributed by atoms with Crippen LogP contribution in [0.5, 0.6) is 0 Å². The fourth-order valence-electron chi connectivity index (χ4n) is 3.32. The van der Waals surface area contributed by atoms with Gasteiger partial charge in [-0.1, -0.05) is 0 Å². The van der Waals surface area contributed by atoms with Crippen molar-refractivity contribution in [2.24, 2.45) is 13.0 Å². The van der Waals surface area contributed by atoms with E-state index in [1.54, 1.807) is 0 Å². The van der Waals surface area contributed by atoms with E-state index in [4.69, 9.17) is 0 Å². The summed E-state index contributed by atoms with van der Waals surface area (Å²) in [5, 5.41) is 3.78. The number of hydrogen-bond donors (Lipinski definition) is 1. The van der Waals surface area contributed by atoms with Crippen LogP contribution in [0.15, 0.2) is 12.4 Å². The van der Waals surface area contributed by atoms with E-state index in [0.717, 1.165) is 25.4 Å². The lowest BCUT2D eigenvalue weighted by molar-refractivity contribution is 0.0838. The molecule has 1 aliphatic heterocycles. The highest BCUT2D eigenvalue weighted by Gasteiger charge is 2.45. The van der Waals surface area contributed by atoms with Crippen LogP contribution in [-0.2, 0) is 13.5 Å². The third-order valence-corrected chi connectivity index (χ3v) is 4.98. The first-order valence-electron chi connectivity index (χ1n) is 7.54. The normalized spacial score (nSPS) is 32.7. The lowest BCUT2D eigenvalue weighted by atomic mass is 9.91. The van der Waals surface area contributed by atoms with Crippen molar-refractivity contribution in [3.05, 3.63) is 18.2 Å². The summed E-state index contributed by atoms with van der Waals surface area (Å²) in [4.78, 5) is 7.07. The van der Waals surface area contributed by atoms with Crippen molar-refractivity contribution in [3.8, 4) is 0 Å². The van der Waals surface area contributed by atoms with Crippen molar-refractivity contribution in [2.45, 2.75) is 44.7 Å². The third kappa shape index (κ3) is 2.70. The van der Waals surface area contributed by atoms with Crippen LogP contribution < -0.4 is 5.32 Å². The van der Waals surface area contributed by atoms with Crippen LogP contribution >= 0.6 is 0 Å². The number of imidazole rings is 1. The number of rotatable bonds is 4. The molecule has 0 spiro atoms. The molecule has 1 saturated heterocycles. The lowest BCUT2D eigenvalue weighted by Crippen LogP contribution is -2.63. The van der Waals surface area contributed by atoms with Gasteiger partial charge in [-0.3, -0.25) is 4.90 Å². The Morgan fingerprint density at radius 3 is 2.89 bits per heavy atom. The molecule has 4 heteroatoms. The molecule has 0 amide bonds. The smallest absolute Gasteiger partial charge is 0.109 e. The number of hydrogen-bond acceptors (Lipinski definition) is 3. The van der Waals surface area contributed by atoms with E-state index in [0.29, 0.717) is 11.6 Å². The van der Waals surface area contributed by atoms with Gasteiger partial charge in [0.05, 0.1) is 0 Å². The van der Waals surface area contributed by atoms with Crippen molar-refractivity contribution >= 4 is 0 Å². The summed E-state index contributed by atoms with van der Waals surface area (Å²) in [6.07, 6.45) is 7.79. The summed E-state index contributed by atoms with van der Waals surface area (Å²) in [6, 6.07) is 0.632. The molecule has 1 aromatic rings. The summed E-state index contributed by atoms with van der Waals surface area (Å²) in [7, 11) is 2.08. The molecule has 2 unspecified atom stereocenters. The molecular weight excluding hydrogens is 236 g/mol. The highest BCUT2D eigenvalue weighted by Crippen LogP contribution is 2.41. The predicted molar refractivity (Wildman–Crippen MR) is 77.1 cm³/mol. The maximum absolute atomic E-state index is 4.43. The van der Waals surface area contributed by atoms with Crippen LogP contribution in [0.3, 0.4) is 0 Å². The van der Waals surface area contributed by atoms with Gasteiger partial charge in [-0.15, -0.1) is 0 Å². The maximum atomic E-state index is 4.43. The molecule has 19 heavy (non-hydrogen) atoms. The molecule has 1 aliphatic carbocycles. The average Bonchev–Trinajstić information content (AvgIpc) is 3.16. The van der Waals surface area contributed by atoms with Gasteiger partial charge in [0.1, 0.15) is 5.82 Å². The number of nitrogens with zero attached hydrogens (tertiary/aromatic N) is 3. The van der Waals surface area contributed by atoms with Crippen LogP contribution in [0, 0.1) is 5.92 Å². The Morgan fingerprint density at radius 2 is 2.26 bits per heavy atom. The largest absolute Gasteiger partial charge is 0.338 e. The van der Waals surface area contributed by atoms with Gasteiger partial charge in [0.25, 0.3) is 0 Å². The number of piperazine rings is 1. The highest BCUT2D eigenvalue weighted by atomic mass is 15.3. The van der Waals surface area contributed by atoms with Gasteiger partial charge >= 0.3 is 0 Å². The van der Waals surface area contributed by atoms with Gasteiger partial charge in [0, 0.05) is 57.1 Å². The highest BCUT2D eigenvalue weighted by molar-refractivity contribution is 5.04. The van der Waals surface area contributed by atoms with E-state index in [2.05, 4.69) is 40.7 Å². The molecule has 2 fully saturated rings. The summed E-state index contributed by atoms with van der Waals surface area (Å²) in [6.45, 7) is 8.16. The van der Waals surface area contributed by atoms with Crippen molar-refractivity contribution in [3.63, 3.8) is 0 Å². The van der Waals surface area contributed by atoms with Gasteiger partial charge in [-0.25, -0.2) is 4.98 Å². The minimum Gasteiger partial charge on any atom is -0.338 e. The minimum atomic E-state index is 0.341. The fourth-order valence-corrected chi connectivity index (χ4v) is 3.32. The SMILES string of the molecule is CC1CNC(C)(C2CC2)CN1CCc1nccn1C. The molecule has 1 aromatic heterocycles. The van der Waals surface area contributed by atoms with E-state index in [1.807, 2.05) is 12.4 Å². The second-order valence-corrected chi connectivity index (χ2v) is 6.60. The molecule has 0 aromatic carbocycles. The van der Waals surface area contributed by atoms with Crippen LogP contribution in [0.4, 0.5) is 0 Å². The average molecular weight is 262 g/mol. The molecule has 4 nitrogen and oxygen atoms in total. The molecule has 2 atom stereocenters. The minimum absolute atomic E-state index is 0.341. The first-order chi connectivity index (χ1) is 9.08. The van der Waals surface area contributed by atoms with E-state index < -0.39 is 0 Å². The number of aryl methyl sites for hydroxylation is 1. The van der Waals surface area contributed by atoms with Crippen molar-refractivity contribution in [1.82, 2.24) is 19.8 Å². The number of aromatic nitrogens is 2. The standard InChI is InChI=1S/C15H26N4/c1-12-10-17-15(2,13-4-5-13)11-19(12)8-6-14-16-7-9-18(14)3/h7,9,12-13,17H,4-6,8,10-11H2,1-3H3. The second-order valence-electron chi connectivity index (χ2n) is 6.60. The van der Waals surface area contributed by atoms with Crippen molar-refractivity contribution < 1.29 is 0 Å². The Bertz CT molecular complexity index is 437. The molecule has 2 heterocycles. The summed E-state index contributed by atoms with van der Waals surface area (Å²) >= 11 is 0. The maximum Gasteiger partial charge on any atom is 0.109 e. The van der Waals surface area contributed by atoms with E-state index >= 15 is 0 Å². The molecular formula is C15H26N4. The van der Waals surface area contributed by atoms with E-state index in [-0.39, 0.29) is 0 Å². The quantitative estimate of drug-likeness (QED) is 0.891. The zero-order valence-corrected chi connectivity index (χ0v) is 12.4. The molecule has 0 bridgehead atoms. The molecule has 1 saturated carbocycles. The zero-order chi connectivity index (χ0) is 13.5. The zero-order valence-electron chi connectivity index (χ0n) is 12.4. The van der Waals surface area contributed by atoms with Gasteiger partial charge in [-0.2, -0.15) is 0 Å². The van der Waals surface area contributed by atoms with E-state index in [1.165, 1.54) is 25.2 Å². The summed E-state index contributed by atoms with van der Waals surface area (Å²) in [5.41, 5.74) is 0.341. The summed E-state index contributed by atoms with van der Waals surface area (Å²) < 4.78 is 2.13. The Morgan fingerprint density at radius 1 is 1.47 bits per heavy atom. The van der Waals surface area contributed by atoms with Gasteiger partial charge in [0.2, 0.25) is 0 Å². The molecule has 106 valence electrons. The molecule has 0 radical (unpaired) electrons. The topological polar surface area (TPSA) is 33.1 Å². The van der Waals surface area contributed by atoms with Crippen LogP contribution in [0.25, 0.3) is 0 Å². The Labute approximate surface area is 116 Å². The molecule has 3 rings (SSSR count). The first kappa shape index (κ1) is 13.1. The van der Waals surface area contributed by atoms with Crippen LogP contribution in [-0.4, -0.2) is 45.7 Å². The summed E-state index contributed by atoms with van der Waals surface area (Å²) in [5.74, 6) is 2.09. The molecule has 2 aliphatic rings. The van der Waals surface area contributed by atoms with Gasteiger partial charge in [-0.05, 0) is 32.6 Å². The second kappa shape index (κ2) is 4.91. The van der Waals surface area contributed by atoms with Crippen molar-refractivity contribution in [1.29, 1.82) is 0 Å². The third-order valence-electron chi connectivity index (χ3n) is 4.98. The fraction of sp³-hybridized carbons (Fsp3) is 0.800. The van der Waals surface area contributed by atoms with Gasteiger partial charge < -0.3 is 9.88 Å². The lowest BCUT2D eigenvalue weighted by Gasteiger charge is -2.45. The Balaban J connectivity index is 1.60. The van der Waals surface area contributed by atoms with Crippen molar-refractivity contribution in [2.75, 3.05) is 19.6 Å². The first-order valence-corrected chi connectivity index (χ1v) is 7.54. The van der Waals surface area contributed by atoms with Crippen LogP contribution in [0.1, 0.15) is 32.5 Å². The predicted octanol–water partition coefficient (Wildman–Crippen LogP) is 1.42. The Kier molecular flexibility index (Phi) is 3.39. The van der Waals surface area contributed by atoms with Crippen LogP contribution in [0.2, 0.25) is 0 Å². The molecule has 1 N–H and O–H groups in total. The van der Waals surface area contributed by atoms with E-state index in [9.17, 15) is 0 Å².